The van der Waals surface area contributed by atoms with Gasteiger partial charge in [0.25, 0.3) is 0 Å². The van der Waals surface area contributed by atoms with Crippen LogP contribution in [0, 0.1) is 11.8 Å². The van der Waals surface area contributed by atoms with E-state index in [1.54, 1.807) is 63.2 Å². The van der Waals surface area contributed by atoms with Crippen molar-refractivity contribution in [1.29, 1.82) is 0 Å². The number of phenols is 1. The molecular formula is C42H58ClN9O9. The normalized spacial score (nSPS) is 16.4. The molecule has 1 fully saturated rings. The molecule has 1 aromatic heterocycles. The number of phenolic OH excluding ortho intramolecular Hbond substituents is 1. The molecule has 0 radical (unpaired) electrons. The van der Waals surface area contributed by atoms with E-state index < -0.39 is 83.6 Å². The topological polar surface area (TPSA) is 278 Å². The van der Waals surface area contributed by atoms with Crippen molar-refractivity contribution in [3.63, 3.8) is 0 Å². The third-order valence-corrected chi connectivity index (χ3v) is 10.6. The second-order valence-corrected chi connectivity index (χ2v) is 15.4. The van der Waals surface area contributed by atoms with E-state index in [1.807, 2.05) is 6.92 Å². The first kappa shape index (κ1) is 49.4. The minimum absolute atomic E-state index is 0. The summed E-state index contributed by atoms with van der Waals surface area (Å²) in [5.74, 6) is -5.95. The number of carbonyl (C=O) groups is 7. The number of nitrogens with one attached hydrogen (secondary N) is 6. The smallest absolute Gasteiger partial charge is 0.326 e. The van der Waals surface area contributed by atoms with Crippen molar-refractivity contribution in [1.82, 2.24) is 41.5 Å². The van der Waals surface area contributed by atoms with Crippen LogP contribution in [-0.4, -0.2) is 116 Å². The number of H-pyrrole nitrogens is 1. The summed E-state index contributed by atoms with van der Waals surface area (Å²) in [6, 6.07) is 7.89. The lowest BCUT2D eigenvalue weighted by atomic mass is 9.96. The third kappa shape index (κ3) is 14.3. The number of rotatable bonds is 21. The largest absolute Gasteiger partial charge is 0.508 e. The highest BCUT2D eigenvalue weighted by molar-refractivity contribution is 5.97. The number of amides is 6. The average molecular weight is 868 g/mol. The van der Waals surface area contributed by atoms with Gasteiger partial charge in [-0.05, 0) is 47.9 Å². The van der Waals surface area contributed by atoms with E-state index in [0.717, 1.165) is 0 Å². The molecular weight excluding hydrogens is 810 g/mol. The summed E-state index contributed by atoms with van der Waals surface area (Å²) in [7, 11) is 0. The lowest BCUT2D eigenvalue weighted by molar-refractivity contribution is -0.145. The number of carboxylic acid groups (broad SMARTS) is 1. The first-order valence-electron chi connectivity index (χ1n) is 20.1. The highest BCUT2D eigenvalue weighted by Crippen LogP contribution is 2.21. The molecule has 0 bridgehead atoms. The predicted octanol–water partition coefficient (Wildman–Crippen LogP) is 0.725. The molecule has 7 unspecified atom stereocenters. The lowest BCUT2D eigenvalue weighted by Gasteiger charge is -2.32. The maximum atomic E-state index is 14.4. The molecule has 1 aliphatic rings. The molecule has 18 nitrogen and oxygen atoms in total. The van der Waals surface area contributed by atoms with Crippen LogP contribution >= 0.6 is 12.4 Å². The standard InChI is InChI=1S/C42H57N9O9.ClH/c1-5-25(4)36(50-37(54)30(18-27-13-15-29(52)16-14-27)46-39(56)35(24(2)3)49-34(53)21-43)40(57)47-31(20-28-22-44-23-45-28)41(58)51-17-9-12-33(51)38(55)48-32(42(59)60)19-26-10-7-6-8-11-26;/h6-8,10-11,13-16,22-25,30-33,35-36,52H,5,9,12,17-21,43H2,1-4H3,(H,44,45)(H,46,56)(H,47,57)(H,48,55)(H,49,53)(H,50,54)(H,59,60);1H. The second-order valence-electron chi connectivity index (χ2n) is 15.4. The van der Waals surface area contributed by atoms with Crippen LogP contribution in [0.15, 0.2) is 67.1 Å². The second kappa shape index (κ2) is 23.7. The fraction of sp³-hybridized carbons (Fsp3) is 0.476. The van der Waals surface area contributed by atoms with Crippen molar-refractivity contribution in [2.45, 2.75) is 102 Å². The number of aliphatic carboxylic acids is 1. The van der Waals surface area contributed by atoms with Crippen molar-refractivity contribution < 1.29 is 43.8 Å². The maximum Gasteiger partial charge on any atom is 0.326 e. The van der Waals surface area contributed by atoms with Gasteiger partial charge in [0.1, 0.15) is 42.0 Å². The predicted molar refractivity (Wildman–Crippen MR) is 227 cm³/mol. The van der Waals surface area contributed by atoms with Gasteiger partial charge in [0, 0.05) is 37.7 Å². The number of nitrogens with two attached hydrogens (primary N) is 1. The molecule has 61 heavy (non-hydrogen) atoms. The number of aromatic hydroxyl groups is 1. The summed E-state index contributed by atoms with van der Waals surface area (Å²) in [4.78, 5) is 103. The Hall–Kier alpha value is -6.01. The van der Waals surface area contributed by atoms with Gasteiger partial charge in [-0.2, -0.15) is 0 Å². The Labute approximate surface area is 361 Å². The van der Waals surface area contributed by atoms with Crippen LogP contribution in [-0.2, 0) is 52.8 Å². The molecule has 7 atom stereocenters. The van der Waals surface area contributed by atoms with Crippen molar-refractivity contribution in [3.05, 3.63) is 83.9 Å². The highest BCUT2D eigenvalue weighted by Gasteiger charge is 2.40. The van der Waals surface area contributed by atoms with Crippen LogP contribution in [0.5, 0.6) is 5.75 Å². The molecule has 2 heterocycles. The van der Waals surface area contributed by atoms with Crippen LogP contribution in [0.4, 0.5) is 0 Å². The van der Waals surface area contributed by atoms with Gasteiger partial charge in [0.05, 0.1) is 12.9 Å². The van der Waals surface area contributed by atoms with E-state index in [0.29, 0.717) is 29.7 Å². The Bertz CT molecular complexity index is 1930. The number of benzene rings is 2. The zero-order chi connectivity index (χ0) is 43.9. The van der Waals surface area contributed by atoms with Crippen LogP contribution in [0.1, 0.15) is 63.8 Å². The van der Waals surface area contributed by atoms with Crippen molar-refractivity contribution in [2.24, 2.45) is 17.6 Å². The third-order valence-electron chi connectivity index (χ3n) is 10.6. The van der Waals surface area contributed by atoms with Gasteiger partial charge in [0.15, 0.2) is 0 Å². The van der Waals surface area contributed by atoms with E-state index in [-0.39, 0.29) is 62.8 Å². The summed E-state index contributed by atoms with van der Waals surface area (Å²) in [6.45, 7) is 6.83. The van der Waals surface area contributed by atoms with Gasteiger partial charge in [-0.3, -0.25) is 28.8 Å². The number of aromatic amines is 1. The van der Waals surface area contributed by atoms with Crippen molar-refractivity contribution in [2.75, 3.05) is 13.1 Å². The highest BCUT2D eigenvalue weighted by atomic mass is 35.5. The van der Waals surface area contributed by atoms with Crippen LogP contribution in [0.25, 0.3) is 0 Å². The zero-order valence-electron chi connectivity index (χ0n) is 34.8. The summed E-state index contributed by atoms with van der Waals surface area (Å²) in [5, 5.41) is 33.3. The quantitative estimate of drug-likeness (QED) is 0.0720. The fourth-order valence-electron chi connectivity index (χ4n) is 6.96. The lowest BCUT2D eigenvalue weighted by Crippen LogP contribution is -2.61. The van der Waals surface area contributed by atoms with Crippen molar-refractivity contribution >= 4 is 53.8 Å². The Kier molecular flexibility index (Phi) is 19.2. The molecule has 3 aromatic rings. The monoisotopic (exact) mass is 867 g/mol. The Balaban J connectivity index is 0.00000992. The number of hydrogen-bond acceptors (Lipinski definition) is 10. The van der Waals surface area contributed by atoms with Gasteiger partial charge in [0.2, 0.25) is 35.4 Å². The average Bonchev–Trinajstić information content (AvgIpc) is 3.94. The number of likely N-dealkylation sites (tertiary alicyclic amines) is 1. The summed E-state index contributed by atoms with van der Waals surface area (Å²) >= 11 is 0. The molecule has 0 saturated carbocycles. The fourth-order valence-corrected chi connectivity index (χ4v) is 6.96. The Morgan fingerprint density at radius 2 is 1.43 bits per heavy atom. The van der Waals surface area contributed by atoms with E-state index in [4.69, 9.17) is 5.73 Å². The maximum absolute atomic E-state index is 14.4. The Morgan fingerprint density at radius 1 is 0.803 bits per heavy atom. The molecule has 0 aliphatic carbocycles. The van der Waals surface area contributed by atoms with Gasteiger partial charge < -0.3 is 52.4 Å². The van der Waals surface area contributed by atoms with Gasteiger partial charge >= 0.3 is 5.97 Å². The number of nitrogens with zero attached hydrogens (tertiary/aromatic N) is 2. The van der Waals surface area contributed by atoms with E-state index >= 15 is 0 Å². The molecule has 2 aromatic carbocycles. The number of carboxylic acids is 1. The molecule has 10 N–H and O–H groups in total. The summed E-state index contributed by atoms with van der Waals surface area (Å²) in [6.07, 6.45) is 4.00. The molecule has 0 spiro atoms. The van der Waals surface area contributed by atoms with Crippen LogP contribution < -0.4 is 32.3 Å². The first-order valence-corrected chi connectivity index (χ1v) is 20.1. The number of halogens is 1. The van der Waals surface area contributed by atoms with Crippen LogP contribution in [0.3, 0.4) is 0 Å². The molecule has 19 heteroatoms. The van der Waals surface area contributed by atoms with Crippen molar-refractivity contribution in [3.8, 4) is 5.75 Å². The number of hydrogen-bond donors (Lipinski definition) is 9. The Morgan fingerprint density at radius 3 is 2.02 bits per heavy atom. The number of imidazole rings is 1. The van der Waals surface area contributed by atoms with Crippen LogP contribution in [0.2, 0.25) is 0 Å². The zero-order valence-corrected chi connectivity index (χ0v) is 35.6. The van der Waals surface area contributed by atoms with E-state index in [1.165, 1.54) is 29.6 Å². The SMILES string of the molecule is CCC(C)C(NC(=O)C(Cc1ccc(O)cc1)NC(=O)C(NC(=O)CN)C(C)C)C(=O)NC(Cc1cnc[nH]1)C(=O)N1CCCC1C(=O)NC(Cc1ccccc1)C(=O)O.Cl. The molecule has 1 saturated heterocycles. The van der Waals surface area contributed by atoms with Gasteiger partial charge in [-0.15, -0.1) is 12.4 Å². The van der Waals surface area contributed by atoms with Gasteiger partial charge in [-0.1, -0.05) is 76.6 Å². The molecule has 4 rings (SSSR count). The molecule has 332 valence electrons. The summed E-state index contributed by atoms with van der Waals surface area (Å²) in [5.41, 5.74) is 7.26. The minimum atomic E-state index is -1.25. The number of carbonyl (C=O) groups excluding carboxylic acids is 6. The van der Waals surface area contributed by atoms with Gasteiger partial charge in [-0.25, -0.2) is 9.78 Å². The molecule has 6 amide bonds. The summed E-state index contributed by atoms with van der Waals surface area (Å²) < 4.78 is 0. The van der Waals surface area contributed by atoms with E-state index in [2.05, 4.69) is 36.6 Å². The first-order chi connectivity index (χ1) is 28.6. The molecule has 1 aliphatic heterocycles. The minimum Gasteiger partial charge on any atom is -0.508 e. The number of aromatic nitrogens is 2. The van der Waals surface area contributed by atoms with E-state index in [9.17, 15) is 43.8 Å².